The number of nitrogens with zero attached hydrogens (tertiary/aromatic N) is 3. The van der Waals surface area contributed by atoms with Gasteiger partial charge in [0.2, 0.25) is 5.91 Å². The van der Waals surface area contributed by atoms with Crippen LogP contribution in [-0.2, 0) is 4.79 Å². The summed E-state index contributed by atoms with van der Waals surface area (Å²) in [5.41, 5.74) is 0. The summed E-state index contributed by atoms with van der Waals surface area (Å²) in [7, 11) is 0. The lowest BCUT2D eigenvalue weighted by atomic mass is 10.1. The highest BCUT2D eigenvalue weighted by Crippen LogP contribution is 2.31. The van der Waals surface area contributed by atoms with E-state index in [2.05, 4.69) is 22.5 Å². The number of amides is 1. The standard InChI is InChI=1S/C18H33N5O.HI/c1-3-17(24)23-10-8-15(13-23)21-18(19-4-2)20-11-14-7-9-22(12-14)16-5-6-16;/h14-16H,3-13H2,1-2H3,(H2,19,20,21);1H. The van der Waals surface area contributed by atoms with Crippen LogP contribution in [0.1, 0.15) is 46.0 Å². The highest BCUT2D eigenvalue weighted by Gasteiger charge is 2.34. The topological polar surface area (TPSA) is 60.0 Å². The Kier molecular flexibility index (Phi) is 8.25. The Morgan fingerprint density at radius 1 is 1.12 bits per heavy atom. The zero-order valence-electron chi connectivity index (χ0n) is 15.7. The molecule has 2 atom stereocenters. The molecule has 25 heavy (non-hydrogen) atoms. The van der Waals surface area contributed by atoms with E-state index in [4.69, 9.17) is 4.99 Å². The minimum absolute atomic E-state index is 0. The van der Waals surface area contributed by atoms with Gasteiger partial charge in [0, 0.05) is 51.2 Å². The minimum Gasteiger partial charge on any atom is -0.357 e. The normalized spacial score (nSPS) is 27.3. The van der Waals surface area contributed by atoms with Gasteiger partial charge in [-0.3, -0.25) is 9.79 Å². The van der Waals surface area contributed by atoms with Gasteiger partial charge in [0.05, 0.1) is 0 Å². The second-order valence-corrected chi connectivity index (χ2v) is 7.42. The highest BCUT2D eigenvalue weighted by atomic mass is 127. The molecule has 0 aromatic rings. The number of nitrogens with one attached hydrogen (secondary N) is 2. The fourth-order valence-corrected chi connectivity index (χ4v) is 3.84. The van der Waals surface area contributed by atoms with Gasteiger partial charge in [0.25, 0.3) is 0 Å². The number of aliphatic imine (C=N–C) groups is 1. The fourth-order valence-electron chi connectivity index (χ4n) is 3.84. The first kappa shape index (κ1) is 20.7. The van der Waals surface area contributed by atoms with Crippen molar-refractivity contribution < 1.29 is 4.79 Å². The van der Waals surface area contributed by atoms with Crippen molar-refractivity contribution in [2.45, 2.75) is 58.0 Å². The van der Waals surface area contributed by atoms with Crippen LogP contribution in [0.2, 0.25) is 0 Å². The minimum atomic E-state index is 0. The summed E-state index contributed by atoms with van der Waals surface area (Å²) in [4.78, 5) is 21.2. The fraction of sp³-hybridized carbons (Fsp3) is 0.889. The Labute approximate surface area is 169 Å². The van der Waals surface area contributed by atoms with E-state index in [9.17, 15) is 4.79 Å². The Balaban J connectivity index is 0.00000225. The number of rotatable bonds is 6. The van der Waals surface area contributed by atoms with E-state index in [0.717, 1.165) is 44.6 Å². The van der Waals surface area contributed by atoms with Gasteiger partial charge in [0.1, 0.15) is 0 Å². The summed E-state index contributed by atoms with van der Waals surface area (Å²) >= 11 is 0. The summed E-state index contributed by atoms with van der Waals surface area (Å²) < 4.78 is 0. The molecule has 0 aromatic heterocycles. The van der Waals surface area contributed by atoms with Crippen LogP contribution in [0.3, 0.4) is 0 Å². The van der Waals surface area contributed by atoms with Crippen molar-refractivity contribution in [2.75, 3.05) is 39.3 Å². The van der Waals surface area contributed by atoms with Gasteiger partial charge in [-0.2, -0.15) is 0 Å². The number of hydrogen-bond donors (Lipinski definition) is 2. The summed E-state index contributed by atoms with van der Waals surface area (Å²) in [6.07, 6.45) is 5.68. The van der Waals surface area contributed by atoms with Crippen LogP contribution in [0.5, 0.6) is 0 Å². The van der Waals surface area contributed by atoms with Crippen LogP contribution in [0.4, 0.5) is 0 Å². The smallest absolute Gasteiger partial charge is 0.222 e. The van der Waals surface area contributed by atoms with Gasteiger partial charge < -0.3 is 20.4 Å². The molecule has 2 saturated heterocycles. The van der Waals surface area contributed by atoms with Gasteiger partial charge in [-0.1, -0.05) is 6.92 Å². The van der Waals surface area contributed by atoms with Gasteiger partial charge in [0.15, 0.2) is 5.96 Å². The largest absolute Gasteiger partial charge is 0.357 e. The molecular formula is C18H34IN5O. The number of guanidine groups is 1. The van der Waals surface area contributed by atoms with Crippen LogP contribution in [0.15, 0.2) is 4.99 Å². The molecule has 0 radical (unpaired) electrons. The monoisotopic (exact) mass is 463 g/mol. The third-order valence-corrected chi connectivity index (χ3v) is 5.42. The van der Waals surface area contributed by atoms with Gasteiger partial charge in [-0.15, -0.1) is 24.0 Å². The molecule has 0 bridgehead atoms. The van der Waals surface area contributed by atoms with E-state index in [0.29, 0.717) is 18.4 Å². The summed E-state index contributed by atoms with van der Waals surface area (Å²) in [6, 6.07) is 1.20. The van der Waals surface area contributed by atoms with E-state index in [-0.39, 0.29) is 29.9 Å². The molecule has 2 heterocycles. The third-order valence-electron chi connectivity index (χ3n) is 5.42. The van der Waals surface area contributed by atoms with Crippen LogP contribution in [0, 0.1) is 5.92 Å². The second-order valence-electron chi connectivity index (χ2n) is 7.42. The number of hydrogen-bond acceptors (Lipinski definition) is 3. The Bertz CT molecular complexity index is 468. The number of likely N-dealkylation sites (tertiary alicyclic amines) is 2. The molecule has 6 nitrogen and oxygen atoms in total. The van der Waals surface area contributed by atoms with Crippen LogP contribution in [0.25, 0.3) is 0 Å². The zero-order valence-corrected chi connectivity index (χ0v) is 18.0. The molecule has 2 aliphatic heterocycles. The molecular weight excluding hydrogens is 429 g/mol. The van der Waals surface area contributed by atoms with Crippen LogP contribution < -0.4 is 10.6 Å². The maximum Gasteiger partial charge on any atom is 0.222 e. The Morgan fingerprint density at radius 3 is 2.60 bits per heavy atom. The zero-order chi connectivity index (χ0) is 16.9. The average Bonchev–Trinajstić information content (AvgIpc) is 3.15. The maximum absolute atomic E-state index is 11.8. The first-order chi connectivity index (χ1) is 11.7. The third kappa shape index (κ3) is 5.98. The molecule has 7 heteroatoms. The lowest BCUT2D eigenvalue weighted by molar-refractivity contribution is -0.129. The Morgan fingerprint density at radius 2 is 1.92 bits per heavy atom. The number of carbonyl (C=O) groups excluding carboxylic acids is 1. The van der Waals surface area contributed by atoms with E-state index < -0.39 is 0 Å². The summed E-state index contributed by atoms with van der Waals surface area (Å²) in [5.74, 6) is 1.87. The van der Waals surface area contributed by atoms with Crippen molar-refractivity contribution >= 4 is 35.8 Å². The summed E-state index contributed by atoms with van der Waals surface area (Å²) in [6.45, 7) is 9.95. The molecule has 1 amide bonds. The highest BCUT2D eigenvalue weighted by molar-refractivity contribution is 14.0. The average molecular weight is 463 g/mol. The van der Waals surface area contributed by atoms with Crippen molar-refractivity contribution in [2.24, 2.45) is 10.9 Å². The number of halogens is 1. The number of carbonyl (C=O) groups is 1. The van der Waals surface area contributed by atoms with Crippen molar-refractivity contribution in [3.05, 3.63) is 0 Å². The predicted octanol–water partition coefficient (Wildman–Crippen LogP) is 1.65. The van der Waals surface area contributed by atoms with E-state index in [1.807, 2.05) is 11.8 Å². The Hall–Kier alpha value is -0.570. The van der Waals surface area contributed by atoms with Gasteiger partial charge >= 0.3 is 0 Å². The van der Waals surface area contributed by atoms with E-state index >= 15 is 0 Å². The predicted molar refractivity (Wildman–Crippen MR) is 113 cm³/mol. The first-order valence-electron chi connectivity index (χ1n) is 9.76. The molecule has 3 fully saturated rings. The van der Waals surface area contributed by atoms with E-state index in [1.54, 1.807) is 0 Å². The lowest BCUT2D eigenvalue weighted by Gasteiger charge is -2.19. The molecule has 3 aliphatic rings. The maximum atomic E-state index is 11.8. The van der Waals surface area contributed by atoms with Crippen molar-refractivity contribution in [1.82, 2.24) is 20.4 Å². The lowest BCUT2D eigenvalue weighted by Crippen LogP contribution is -2.45. The molecule has 1 aliphatic carbocycles. The van der Waals surface area contributed by atoms with Crippen molar-refractivity contribution in [3.63, 3.8) is 0 Å². The van der Waals surface area contributed by atoms with Crippen LogP contribution in [-0.4, -0.2) is 73.0 Å². The molecule has 0 aromatic carbocycles. The van der Waals surface area contributed by atoms with Gasteiger partial charge in [-0.05, 0) is 45.1 Å². The first-order valence-corrected chi connectivity index (χ1v) is 9.76. The summed E-state index contributed by atoms with van der Waals surface area (Å²) in [5, 5.41) is 6.89. The van der Waals surface area contributed by atoms with Crippen molar-refractivity contribution in [1.29, 1.82) is 0 Å². The molecule has 2 unspecified atom stereocenters. The van der Waals surface area contributed by atoms with Crippen molar-refractivity contribution in [3.8, 4) is 0 Å². The van der Waals surface area contributed by atoms with Gasteiger partial charge in [-0.25, -0.2) is 0 Å². The molecule has 144 valence electrons. The molecule has 0 spiro atoms. The molecule has 2 N–H and O–H groups in total. The quantitative estimate of drug-likeness (QED) is 0.358. The second kappa shape index (κ2) is 9.94. The SMILES string of the molecule is CCNC(=NCC1CCN(C2CC2)C1)NC1CCN(C(=O)CC)C1.I. The molecule has 3 rings (SSSR count). The molecule has 1 saturated carbocycles. The van der Waals surface area contributed by atoms with E-state index in [1.165, 1.54) is 32.4 Å². The van der Waals surface area contributed by atoms with Crippen LogP contribution >= 0.6 is 24.0 Å².